The van der Waals surface area contributed by atoms with Gasteiger partial charge in [-0.15, -0.1) is 0 Å². The van der Waals surface area contributed by atoms with Crippen LogP contribution in [0.3, 0.4) is 0 Å². The molecule has 0 atom stereocenters. The summed E-state index contributed by atoms with van der Waals surface area (Å²) in [5.74, 6) is 0. The van der Waals surface area contributed by atoms with Crippen LogP contribution in [0.4, 0.5) is 5.69 Å². The second kappa shape index (κ2) is 14.6. The van der Waals surface area contributed by atoms with Crippen LogP contribution >= 0.6 is 0 Å². The Balaban J connectivity index is 1.20. The summed E-state index contributed by atoms with van der Waals surface area (Å²) in [5, 5.41) is 3.39. The Morgan fingerprint density at radius 3 is 1.51 bits per heavy atom. The molecular formula is C53H38N2. The Morgan fingerprint density at radius 2 is 0.909 bits per heavy atom. The zero-order valence-corrected chi connectivity index (χ0v) is 30.4. The van der Waals surface area contributed by atoms with Crippen LogP contribution in [0.5, 0.6) is 0 Å². The van der Waals surface area contributed by atoms with Crippen LogP contribution in [0.25, 0.3) is 89.1 Å². The largest absolute Gasteiger partial charge is 0.398 e. The van der Waals surface area contributed by atoms with Crippen LogP contribution in [0, 0.1) is 0 Å². The van der Waals surface area contributed by atoms with Crippen molar-refractivity contribution in [1.29, 1.82) is 0 Å². The van der Waals surface area contributed by atoms with Gasteiger partial charge < -0.3 is 5.73 Å². The fourth-order valence-electron chi connectivity index (χ4n) is 7.53. The molecule has 0 amide bonds. The van der Waals surface area contributed by atoms with Gasteiger partial charge >= 0.3 is 0 Å². The first kappa shape index (κ1) is 33.5. The molecule has 0 aliphatic carbocycles. The molecule has 1 heterocycles. The number of nitrogens with zero attached hydrogens (tertiary/aromatic N) is 1. The van der Waals surface area contributed by atoms with Crippen molar-refractivity contribution in [3.63, 3.8) is 0 Å². The number of pyridine rings is 1. The van der Waals surface area contributed by atoms with Gasteiger partial charge in [0.15, 0.2) is 0 Å². The van der Waals surface area contributed by atoms with E-state index in [9.17, 15) is 0 Å². The zero-order chi connectivity index (χ0) is 37.1. The summed E-state index contributed by atoms with van der Waals surface area (Å²) in [6.07, 6.45) is 3.98. The molecule has 0 saturated carbocycles. The molecule has 0 unspecified atom stereocenters. The maximum atomic E-state index is 6.27. The van der Waals surface area contributed by atoms with E-state index in [0.717, 1.165) is 77.6 Å². The second-order valence-corrected chi connectivity index (χ2v) is 13.8. The number of anilines is 1. The summed E-state index contributed by atoms with van der Waals surface area (Å²) in [4.78, 5) is 5.43. The Labute approximate surface area is 322 Å². The first-order chi connectivity index (χ1) is 27.1. The lowest BCUT2D eigenvalue weighted by Crippen LogP contribution is -1.94. The van der Waals surface area contributed by atoms with Crippen LogP contribution in [-0.2, 0) is 0 Å². The van der Waals surface area contributed by atoms with E-state index < -0.39 is 0 Å². The van der Waals surface area contributed by atoms with Crippen LogP contribution in [0.1, 0.15) is 11.1 Å². The number of nitrogen functional groups attached to an aromatic ring is 1. The third-order valence-electron chi connectivity index (χ3n) is 10.5. The minimum Gasteiger partial charge on any atom is -0.398 e. The van der Waals surface area contributed by atoms with Gasteiger partial charge in [0.05, 0.1) is 11.2 Å². The molecule has 55 heavy (non-hydrogen) atoms. The Hall–Kier alpha value is -7.29. The summed E-state index contributed by atoms with van der Waals surface area (Å²) in [5.41, 5.74) is 22.5. The normalized spacial score (nSPS) is 11.5. The molecule has 2 nitrogen and oxygen atoms in total. The van der Waals surface area contributed by atoms with Crippen molar-refractivity contribution in [2.24, 2.45) is 0 Å². The number of aromatic nitrogens is 1. The standard InChI is InChI=1S/C53H38N2/c1-2-36(33-45-17-9-12-20-51(45)54)39-21-27-42(28-22-39)48-34-50-49(43-29-23-40(24-30-43)37-13-5-3-6-14-37)35-52(55-53(50)47-19-11-10-18-46(47)48)44-31-25-41(26-32-44)38-15-7-4-8-16-38/h2-35H,1,54H2/b36-33+. The average molecular weight is 703 g/mol. The van der Waals surface area contributed by atoms with Gasteiger partial charge in [0, 0.05) is 22.0 Å². The van der Waals surface area contributed by atoms with Crippen molar-refractivity contribution in [2.75, 3.05) is 5.73 Å². The van der Waals surface area contributed by atoms with Crippen molar-refractivity contribution in [2.45, 2.75) is 0 Å². The molecule has 0 aliphatic rings. The average Bonchev–Trinajstić information content (AvgIpc) is 3.26. The van der Waals surface area contributed by atoms with E-state index in [4.69, 9.17) is 10.7 Å². The molecule has 9 aromatic rings. The molecule has 8 aromatic carbocycles. The third-order valence-corrected chi connectivity index (χ3v) is 10.5. The zero-order valence-electron chi connectivity index (χ0n) is 30.4. The molecule has 0 saturated heterocycles. The minimum absolute atomic E-state index is 0.743. The van der Waals surface area contributed by atoms with E-state index in [-0.39, 0.29) is 0 Å². The highest BCUT2D eigenvalue weighted by molar-refractivity contribution is 6.16. The summed E-state index contributed by atoms with van der Waals surface area (Å²) in [7, 11) is 0. The van der Waals surface area contributed by atoms with Gasteiger partial charge in [-0.25, -0.2) is 4.98 Å². The van der Waals surface area contributed by atoms with E-state index in [2.05, 4.69) is 183 Å². The maximum Gasteiger partial charge on any atom is 0.0794 e. The topological polar surface area (TPSA) is 38.9 Å². The molecule has 0 aliphatic heterocycles. The van der Waals surface area contributed by atoms with E-state index in [1.807, 2.05) is 30.3 Å². The highest BCUT2D eigenvalue weighted by Crippen LogP contribution is 2.41. The van der Waals surface area contributed by atoms with Crippen molar-refractivity contribution in [1.82, 2.24) is 4.98 Å². The third kappa shape index (κ3) is 6.63. The van der Waals surface area contributed by atoms with Gasteiger partial charge in [-0.1, -0.05) is 189 Å². The number of fused-ring (bicyclic) bond motifs is 3. The predicted octanol–water partition coefficient (Wildman–Crippen LogP) is 14.0. The first-order valence-electron chi connectivity index (χ1n) is 18.6. The van der Waals surface area contributed by atoms with Crippen molar-refractivity contribution in [3.8, 4) is 55.8 Å². The number of benzene rings is 8. The van der Waals surface area contributed by atoms with Crippen molar-refractivity contribution < 1.29 is 0 Å². The fourth-order valence-corrected chi connectivity index (χ4v) is 7.53. The SMILES string of the molecule is C=C/C(=C\c1ccccc1N)c1ccc(-c2cc3c(-c4ccc(-c5ccccc5)cc4)cc(-c4ccc(-c5ccccc5)cc4)nc3c3ccccc23)cc1. The van der Waals surface area contributed by atoms with Crippen molar-refractivity contribution in [3.05, 3.63) is 218 Å². The second-order valence-electron chi connectivity index (χ2n) is 13.8. The number of nitrogens with two attached hydrogens (primary N) is 1. The highest BCUT2D eigenvalue weighted by Gasteiger charge is 2.17. The molecule has 0 fully saturated rings. The summed E-state index contributed by atoms with van der Waals surface area (Å²) >= 11 is 0. The number of hydrogen-bond donors (Lipinski definition) is 1. The monoisotopic (exact) mass is 702 g/mol. The van der Waals surface area contributed by atoms with Gasteiger partial charge in [-0.05, 0) is 90.9 Å². The smallest absolute Gasteiger partial charge is 0.0794 e. The molecule has 260 valence electrons. The number of para-hydroxylation sites is 1. The molecule has 0 bridgehead atoms. The van der Waals surface area contributed by atoms with Crippen LogP contribution < -0.4 is 5.73 Å². The number of hydrogen-bond acceptors (Lipinski definition) is 2. The van der Waals surface area contributed by atoms with Gasteiger partial charge in [0.2, 0.25) is 0 Å². The van der Waals surface area contributed by atoms with E-state index >= 15 is 0 Å². The van der Waals surface area contributed by atoms with E-state index in [1.165, 1.54) is 22.3 Å². The van der Waals surface area contributed by atoms with E-state index in [1.54, 1.807) is 0 Å². The molecule has 9 rings (SSSR count). The van der Waals surface area contributed by atoms with Crippen LogP contribution in [0.15, 0.2) is 207 Å². The van der Waals surface area contributed by atoms with Gasteiger partial charge in [-0.2, -0.15) is 0 Å². The van der Waals surface area contributed by atoms with Gasteiger partial charge in [-0.3, -0.25) is 0 Å². The lowest BCUT2D eigenvalue weighted by Gasteiger charge is -2.16. The lowest BCUT2D eigenvalue weighted by atomic mass is 9.90. The van der Waals surface area contributed by atoms with Crippen LogP contribution in [-0.4, -0.2) is 4.98 Å². The summed E-state index contributed by atoms with van der Waals surface area (Å²) in [6.45, 7) is 4.11. The van der Waals surface area contributed by atoms with Gasteiger partial charge in [0.1, 0.15) is 0 Å². The number of allylic oxidation sites excluding steroid dienone is 2. The quantitative estimate of drug-likeness (QED) is 0.0741. The molecule has 0 spiro atoms. The Morgan fingerprint density at radius 1 is 0.436 bits per heavy atom. The Kier molecular flexibility index (Phi) is 8.91. The maximum absolute atomic E-state index is 6.27. The fraction of sp³-hybridized carbons (Fsp3) is 0. The summed E-state index contributed by atoms with van der Waals surface area (Å²) in [6, 6.07) is 68.6. The van der Waals surface area contributed by atoms with E-state index in [0.29, 0.717) is 0 Å². The van der Waals surface area contributed by atoms with Crippen molar-refractivity contribution >= 4 is 39.0 Å². The molecule has 1 aromatic heterocycles. The molecule has 0 radical (unpaired) electrons. The lowest BCUT2D eigenvalue weighted by molar-refractivity contribution is 1.41. The number of rotatable bonds is 8. The highest BCUT2D eigenvalue weighted by atomic mass is 14.7. The van der Waals surface area contributed by atoms with Crippen LogP contribution in [0.2, 0.25) is 0 Å². The first-order valence-corrected chi connectivity index (χ1v) is 18.6. The molecule has 2 N–H and O–H groups in total. The Bertz CT molecular complexity index is 2830. The summed E-state index contributed by atoms with van der Waals surface area (Å²) < 4.78 is 0. The van der Waals surface area contributed by atoms with Gasteiger partial charge in [0.25, 0.3) is 0 Å². The molecular weight excluding hydrogens is 665 g/mol. The minimum atomic E-state index is 0.743. The molecule has 2 heteroatoms. The predicted molar refractivity (Wildman–Crippen MR) is 235 cm³/mol.